The maximum absolute atomic E-state index is 8.74. The SMILES string of the molecule is CC(C)=CC(C)[PH](O)(O)O. The summed E-state index contributed by atoms with van der Waals surface area (Å²) in [6.45, 7) is 5.27. The Morgan fingerprint density at radius 2 is 1.70 bits per heavy atom. The van der Waals surface area contributed by atoms with Gasteiger partial charge in [0.15, 0.2) is 0 Å². The van der Waals surface area contributed by atoms with Crippen molar-refractivity contribution in [3.63, 3.8) is 0 Å². The summed E-state index contributed by atoms with van der Waals surface area (Å²) in [5.41, 5.74) is 0.457. The number of hydrogen-bond acceptors (Lipinski definition) is 3. The van der Waals surface area contributed by atoms with Crippen LogP contribution in [0.1, 0.15) is 20.8 Å². The standard InChI is InChI=1S/C6H15O3P/c1-5(2)4-6(3)10(7,8)9/h4,6-10H,1-3H3. The van der Waals surface area contributed by atoms with E-state index in [0.29, 0.717) is 0 Å². The first-order chi connectivity index (χ1) is 4.34. The second kappa shape index (κ2) is 3.44. The van der Waals surface area contributed by atoms with Gasteiger partial charge < -0.3 is 0 Å². The Hall–Kier alpha value is 0.0500. The molecule has 0 aliphatic carbocycles. The van der Waals surface area contributed by atoms with E-state index in [1.807, 2.05) is 13.8 Å². The summed E-state index contributed by atoms with van der Waals surface area (Å²) in [5.74, 6) is 0. The molecule has 1 unspecified atom stereocenters. The summed E-state index contributed by atoms with van der Waals surface area (Å²) in [7, 11) is -3.90. The third-order valence-electron chi connectivity index (χ3n) is 1.19. The average Bonchev–Trinajstić information content (AvgIpc) is 1.60. The first kappa shape index (κ1) is 10.0. The van der Waals surface area contributed by atoms with E-state index in [2.05, 4.69) is 0 Å². The molecule has 0 spiro atoms. The Morgan fingerprint density at radius 3 is 1.80 bits per heavy atom. The van der Waals surface area contributed by atoms with Gasteiger partial charge in [-0.25, -0.2) is 0 Å². The molecule has 10 heavy (non-hydrogen) atoms. The van der Waals surface area contributed by atoms with Crippen LogP contribution < -0.4 is 0 Å². The van der Waals surface area contributed by atoms with E-state index in [1.54, 1.807) is 13.0 Å². The summed E-state index contributed by atoms with van der Waals surface area (Å²) in [6, 6.07) is 0. The zero-order valence-corrected chi connectivity index (χ0v) is 7.50. The van der Waals surface area contributed by atoms with Crippen LogP contribution in [-0.2, 0) is 0 Å². The summed E-state index contributed by atoms with van der Waals surface area (Å²) in [5, 5.41) is 0. The van der Waals surface area contributed by atoms with Gasteiger partial charge in [-0.15, -0.1) is 0 Å². The molecule has 0 aliphatic rings. The predicted molar refractivity (Wildman–Crippen MR) is 43.9 cm³/mol. The normalized spacial score (nSPS) is 16.2. The van der Waals surface area contributed by atoms with Crippen LogP contribution in [0.4, 0.5) is 0 Å². The van der Waals surface area contributed by atoms with E-state index < -0.39 is 13.6 Å². The second-order valence-corrected chi connectivity index (χ2v) is 5.01. The maximum atomic E-state index is 8.74. The van der Waals surface area contributed by atoms with Crippen molar-refractivity contribution >= 4 is 7.94 Å². The van der Waals surface area contributed by atoms with Crippen molar-refractivity contribution in [2.75, 3.05) is 0 Å². The molecule has 3 nitrogen and oxygen atoms in total. The molecular weight excluding hydrogens is 151 g/mol. The van der Waals surface area contributed by atoms with Crippen molar-refractivity contribution in [3.05, 3.63) is 11.6 Å². The van der Waals surface area contributed by atoms with Gasteiger partial charge in [-0.05, 0) is 0 Å². The topological polar surface area (TPSA) is 60.7 Å². The van der Waals surface area contributed by atoms with E-state index in [0.717, 1.165) is 5.57 Å². The average molecular weight is 166 g/mol. The number of hydrogen-bond donors (Lipinski definition) is 3. The fourth-order valence-electron chi connectivity index (χ4n) is 0.612. The molecule has 0 heterocycles. The molecule has 3 N–H and O–H groups in total. The number of allylic oxidation sites excluding steroid dienone is 2. The third kappa shape index (κ3) is 3.96. The van der Waals surface area contributed by atoms with Gasteiger partial charge in [-0.1, -0.05) is 0 Å². The summed E-state index contributed by atoms with van der Waals surface area (Å²) in [6.07, 6.45) is 1.65. The van der Waals surface area contributed by atoms with Crippen molar-refractivity contribution in [1.82, 2.24) is 0 Å². The van der Waals surface area contributed by atoms with Crippen LogP contribution >= 0.6 is 7.94 Å². The van der Waals surface area contributed by atoms with E-state index in [9.17, 15) is 0 Å². The molecule has 0 rings (SSSR count). The van der Waals surface area contributed by atoms with E-state index in [-0.39, 0.29) is 0 Å². The molecule has 0 saturated carbocycles. The Balaban J connectivity index is 4.11. The first-order valence-corrected chi connectivity index (χ1v) is 5.08. The molecule has 0 saturated heterocycles. The van der Waals surface area contributed by atoms with Gasteiger partial charge in [0.05, 0.1) is 0 Å². The van der Waals surface area contributed by atoms with Crippen molar-refractivity contribution < 1.29 is 14.7 Å². The van der Waals surface area contributed by atoms with Crippen LogP contribution in [0.15, 0.2) is 11.6 Å². The molecule has 62 valence electrons. The van der Waals surface area contributed by atoms with Crippen LogP contribution in [0, 0.1) is 0 Å². The minimum atomic E-state index is -3.90. The zero-order chi connectivity index (χ0) is 8.36. The Labute approximate surface area is 61.6 Å². The van der Waals surface area contributed by atoms with Gasteiger partial charge >= 0.3 is 60.7 Å². The first-order valence-electron chi connectivity index (χ1n) is 3.16. The van der Waals surface area contributed by atoms with Gasteiger partial charge in [0.1, 0.15) is 0 Å². The fraction of sp³-hybridized carbons (Fsp3) is 0.667. The summed E-state index contributed by atoms with van der Waals surface area (Å²) < 4.78 is 0. The van der Waals surface area contributed by atoms with Crippen molar-refractivity contribution in [2.45, 2.75) is 26.4 Å². The molecule has 0 aliphatic heterocycles. The van der Waals surface area contributed by atoms with Gasteiger partial charge in [-0.2, -0.15) is 0 Å². The zero-order valence-electron chi connectivity index (χ0n) is 6.50. The van der Waals surface area contributed by atoms with Crippen molar-refractivity contribution in [2.24, 2.45) is 0 Å². The molecule has 0 aromatic heterocycles. The molecule has 0 radical (unpaired) electrons. The molecular formula is C6H15O3P. The number of rotatable bonds is 2. The molecule has 0 amide bonds. The van der Waals surface area contributed by atoms with E-state index in [1.165, 1.54) is 0 Å². The van der Waals surface area contributed by atoms with Gasteiger partial charge in [0.2, 0.25) is 0 Å². The fourth-order valence-corrected chi connectivity index (χ4v) is 1.17. The van der Waals surface area contributed by atoms with E-state index in [4.69, 9.17) is 14.7 Å². The molecule has 0 aromatic rings. The predicted octanol–water partition coefficient (Wildman–Crippen LogP) is 0.813. The molecule has 0 aromatic carbocycles. The van der Waals surface area contributed by atoms with Crippen LogP contribution in [0.2, 0.25) is 0 Å². The Morgan fingerprint density at radius 1 is 1.30 bits per heavy atom. The Bertz CT molecular complexity index is 132. The monoisotopic (exact) mass is 166 g/mol. The van der Waals surface area contributed by atoms with Crippen LogP contribution in [0.5, 0.6) is 0 Å². The van der Waals surface area contributed by atoms with Gasteiger partial charge in [0.25, 0.3) is 0 Å². The van der Waals surface area contributed by atoms with Crippen LogP contribution in [0.25, 0.3) is 0 Å². The second-order valence-electron chi connectivity index (χ2n) is 2.72. The molecule has 1 atom stereocenters. The van der Waals surface area contributed by atoms with Crippen LogP contribution in [0.3, 0.4) is 0 Å². The van der Waals surface area contributed by atoms with E-state index >= 15 is 0 Å². The minimum absolute atomic E-state index is 0.516. The Kier molecular flexibility index (Phi) is 3.46. The van der Waals surface area contributed by atoms with Crippen molar-refractivity contribution in [3.8, 4) is 0 Å². The van der Waals surface area contributed by atoms with Crippen LogP contribution in [-0.4, -0.2) is 20.3 Å². The van der Waals surface area contributed by atoms with Gasteiger partial charge in [-0.3, -0.25) is 0 Å². The summed E-state index contributed by atoms with van der Waals surface area (Å²) in [4.78, 5) is 26.2. The van der Waals surface area contributed by atoms with Crippen molar-refractivity contribution in [1.29, 1.82) is 0 Å². The molecule has 0 bridgehead atoms. The third-order valence-corrected chi connectivity index (χ3v) is 2.58. The molecule has 4 heteroatoms. The molecule has 0 fully saturated rings. The quantitative estimate of drug-likeness (QED) is 0.420. The summed E-state index contributed by atoms with van der Waals surface area (Å²) >= 11 is 0. The van der Waals surface area contributed by atoms with Gasteiger partial charge in [0, 0.05) is 0 Å².